The molecule has 0 spiro atoms. The van der Waals surface area contributed by atoms with E-state index in [1.807, 2.05) is 6.92 Å². The van der Waals surface area contributed by atoms with Gasteiger partial charge in [-0.15, -0.1) is 0 Å². The second-order valence-electron chi connectivity index (χ2n) is 5.79. The van der Waals surface area contributed by atoms with E-state index in [-0.39, 0.29) is 6.04 Å². The van der Waals surface area contributed by atoms with E-state index in [1.54, 1.807) is 0 Å². The van der Waals surface area contributed by atoms with Crippen molar-refractivity contribution >= 4 is 12.0 Å². The van der Waals surface area contributed by atoms with Crippen LogP contribution < -0.4 is 10.6 Å². The van der Waals surface area contributed by atoms with Crippen molar-refractivity contribution in [2.45, 2.75) is 51.6 Å². The lowest BCUT2D eigenvalue weighted by Gasteiger charge is -2.30. The summed E-state index contributed by atoms with van der Waals surface area (Å²) in [6, 6.07) is -0.431. The number of carbonyl (C=O) groups excluding carboxylic acids is 1. The van der Waals surface area contributed by atoms with Crippen LogP contribution in [0.1, 0.15) is 40.0 Å². The van der Waals surface area contributed by atoms with E-state index >= 15 is 0 Å². The van der Waals surface area contributed by atoms with Crippen molar-refractivity contribution in [1.29, 1.82) is 0 Å². The lowest BCUT2D eigenvalue weighted by atomic mass is 10.1. The summed E-state index contributed by atoms with van der Waals surface area (Å²) in [5.41, 5.74) is -1.26. The van der Waals surface area contributed by atoms with Gasteiger partial charge in [-0.3, -0.25) is 0 Å². The van der Waals surface area contributed by atoms with Gasteiger partial charge in [-0.25, -0.2) is 9.59 Å². The number of carbonyl (C=O) groups is 2. The Labute approximate surface area is 114 Å². The zero-order chi connectivity index (χ0) is 14.5. The van der Waals surface area contributed by atoms with Crippen molar-refractivity contribution in [2.24, 2.45) is 0 Å². The Bertz CT molecular complexity index is 325. The number of carboxylic acids is 1. The molecule has 0 aromatic rings. The zero-order valence-electron chi connectivity index (χ0n) is 12.0. The van der Waals surface area contributed by atoms with Crippen molar-refractivity contribution in [3.63, 3.8) is 0 Å². The van der Waals surface area contributed by atoms with Crippen LogP contribution in [-0.4, -0.2) is 53.2 Å². The second-order valence-corrected chi connectivity index (χ2v) is 5.79. The molecule has 1 atom stereocenters. The summed E-state index contributed by atoms with van der Waals surface area (Å²) in [5.74, 6) is -1.05. The molecule has 3 N–H and O–H groups in total. The first kappa shape index (κ1) is 15.8. The highest BCUT2D eigenvalue weighted by atomic mass is 16.4. The van der Waals surface area contributed by atoms with Gasteiger partial charge in [0.25, 0.3) is 0 Å². The standard InChI is InChI=1S/C13H25N3O3/c1-10(9-16-7-5-4-6-8-16)14-12(19)15-13(2,3)11(17)18/h10H,4-9H2,1-3H3,(H,17,18)(H2,14,15,19). The largest absolute Gasteiger partial charge is 0.480 e. The SMILES string of the molecule is CC(CN1CCCCC1)NC(=O)NC(C)(C)C(=O)O. The van der Waals surface area contributed by atoms with Gasteiger partial charge in [0.05, 0.1) is 0 Å². The third kappa shape index (κ3) is 5.46. The number of nitrogens with one attached hydrogen (secondary N) is 2. The number of hydrogen-bond acceptors (Lipinski definition) is 3. The fraction of sp³-hybridized carbons (Fsp3) is 0.846. The molecule has 0 aliphatic carbocycles. The molecule has 1 aliphatic heterocycles. The van der Waals surface area contributed by atoms with E-state index in [1.165, 1.54) is 33.1 Å². The number of rotatable bonds is 5. The van der Waals surface area contributed by atoms with Gasteiger partial charge >= 0.3 is 12.0 Å². The van der Waals surface area contributed by atoms with Crippen molar-refractivity contribution < 1.29 is 14.7 Å². The number of hydrogen-bond donors (Lipinski definition) is 3. The average Bonchev–Trinajstić information content (AvgIpc) is 2.28. The molecule has 1 aliphatic rings. The maximum Gasteiger partial charge on any atom is 0.328 e. The quantitative estimate of drug-likeness (QED) is 0.697. The van der Waals surface area contributed by atoms with E-state index in [9.17, 15) is 9.59 Å². The van der Waals surface area contributed by atoms with Crippen molar-refractivity contribution in [3.05, 3.63) is 0 Å². The molecule has 1 saturated heterocycles. The molecular weight excluding hydrogens is 246 g/mol. The normalized spacial score (nSPS) is 18.7. The number of amides is 2. The highest BCUT2D eigenvalue weighted by Crippen LogP contribution is 2.08. The molecule has 1 fully saturated rings. The smallest absolute Gasteiger partial charge is 0.328 e. The van der Waals surface area contributed by atoms with E-state index in [2.05, 4.69) is 15.5 Å². The third-order valence-corrected chi connectivity index (χ3v) is 3.32. The molecule has 0 saturated carbocycles. The average molecular weight is 271 g/mol. The minimum Gasteiger partial charge on any atom is -0.480 e. The molecule has 0 radical (unpaired) electrons. The van der Waals surface area contributed by atoms with Crippen LogP contribution in [0.2, 0.25) is 0 Å². The molecule has 0 bridgehead atoms. The van der Waals surface area contributed by atoms with Crippen LogP contribution in [0.5, 0.6) is 0 Å². The molecule has 6 nitrogen and oxygen atoms in total. The maximum atomic E-state index is 11.7. The summed E-state index contributed by atoms with van der Waals surface area (Å²) in [6.45, 7) is 7.82. The second kappa shape index (κ2) is 6.75. The van der Waals surface area contributed by atoms with Crippen molar-refractivity contribution in [3.8, 4) is 0 Å². The molecule has 19 heavy (non-hydrogen) atoms. The summed E-state index contributed by atoms with van der Waals surface area (Å²) < 4.78 is 0. The van der Waals surface area contributed by atoms with Gasteiger partial charge in [-0.1, -0.05) is 6.42 Å². The molecule has 0 aromatic heterocycles. The number of urea groups is 1. The summed E-state index contributed by atoms with van der Waals surface area (Å²) >= 11 is 0. The summed E-state index contributed by atoms with van der Waals surface area (Å²) in [6.07, 6.45) is 3.71. The Balaban J connectivity index is 2.33. The van der Waals surface area contributed by atoms with E-state index < -0.39 is 17.5 Å². The van der Waals surface area contributed by atoms with Crippen LogP contribution >= 0.6 is 0 Å². The Morgan fingerprint density at radius 1 is 1.26 bits per heavy atom. The van der Waals surface area contributed by atoms with Crippen LogP contribution in [0.15, 0.2) is 0 Å². The van der Waals surface area contributed by atoms with E-state index in [0.717, 1.165) is 19.6 Å². The number of piperidine rings is 1. The first-order chi connectivity index (χ1) is 8.81. The first-order valence-electron chi connectivity index (χ1n) is 6.85. The predicted molar refractivity (Wildman–Crippen MR) is 73.1 cm³/mol. The van der Waals surface area contributed by atoms with Gasteiger partial charge in [0.1, 0.15) is 5.54 Å². The van der Waals surface area contributed by atoms with Gasteiger partial charge in [0, 0.05) is 12.6 Å². The predicted octanol–water partition coefficient (Wildman–Crippen LogP) is 1.02. The molecular formula is C13H25N3O3. The minimum absolute atomic E-state index is 0.00250. The Morgan fingerprint density at radius 2 is 1.84 bits per heavy atom. The number of carboxylic acid groups (broad SMARTS) is 1. The zero-order valence-corrected chi connectivity index (χ0v) is 12.0. The Kier molecular flexibility index (Phi) is 5.60. The van der Waals surface area contributed by atoms with E-state index in [4.69, 9.17) is 5.11 Å². The summed E-state index contributed by atoms with van der Waals surface area (Å²) in [5, 5.41) is 14.2. The molecule has 2 amide bonds. The molecule has 6 heteroatoms. The van der Waals surface area contributed by atoms with Gasteiger partial charge < -0.3 is 20.6 Å². The van der Waals surface area contributed by atoms with Crippen LogP contribution in [0, 0.1) is 0 Å². The van der Waals surface area contributed by atoms with E-state index in [0.29, 0.717) is 0 Å². The van der Waals surface area contributed by atoms with Crippen LogP contribution in [0.3, 0.4) is 0 Å². The van der Waals surface area contributed by atoms with Crippen LogP contribution in [-0.2, 0) is 4.79 Å². The lowest BCUT2D eigenvalue weighted by Crippen LogP contribution is -2.55. The molecule has 1 heterocycles. The van der Waals surface area contributed by atoms with Gasteiger partial charge in [0.15, 0.2) is 0 Å². The lowest BCUT2D eigenvalue weighted by molar-refractivity contribution is -0.142. The molecule has 1 rings (SSSR count). The fourth-order valence-corrected chi connectivity index (χ4v) is 2.17. The molecule has 0 aromatic carbocycles. The van der Waals surface area contributed by atoms with Crippen LogP contribution in [0.25, 0.3) is 0 Å². The molecule has 1 unspecified atom stereocenters. The number of aliphatic carboxylic acids is 1. The topological polar surface area (TPSA) is 81.7 Å². The third-order valence-electron chi connectivity index (χ3n) is 3.32. The number of likely N-dealkylation sites (tertiary alicyclic amines) is 1. The maximum absolute atomic E-state index is 11.7. The minimum atomic E-state index is -1.26. The fourth-order valence-electron chi connectivity index (χ4n) is 2.17. The summed E-state index contributed by atoms with van der Waals surface area (Å²) in [7, 11) is 0. The van der Waals surface area contributed by atoms with Crippen molar-refractivity contribution in [1.82, 2.24) is 15.5 Å². The Hall–Kier alpha value is -1.30. The van der Waals surface area contributed by atoms with Gasteiger partial charge in [0.2, 0.25) is 0 Å². The van der Waals surface area contributed by atoms with Gasteiger partial charge in [-0.2, -0.15) is 0 Å². The Morgan fingerprint density at radius 3 is 2.37 bits per heavy atom. The van der Waals surface area contributed by atoms with Crippen LogP contribution in [0.4, 0.5) is 4.79 Å². The molecule has 110 valence electrons. The highest BCUT2D eigenvalue weighted by Gasteiger charge is 2.29. The van der Waals surface area contributed by atoms with Crippen molar-refractivity contribution in [2.75, 3.05) is 19.6 Å². The monoisotopic (exact) mass is 271 g/mol. The highest BCUT2D eigenvalue weighted by molar-refractivity contribution is 5.85. The number of nitrogens with zero attached hydrogens (tertiary/aromatic N) is 1. The summed E-state index contributed by atoms with van der Waals surface area (Å²) in [4.78, 5) is 24.9. The van der Waals surface area contributed by atoms with Gasteiger partial charge in [-0.05, 0) is 46.7 Å². The first-order valence-corrected chi connectivity index (χ1v) is 6.85.